The molecule has 0 aromatic rings. The fraction of sp³-hybridized carbons (Fsp3) is 1.00. The van der Waals surface area contributed by atoms with Crippen molar-refractivity contribution in [3.8, 4) is 0 Å². The zero-order valence-corrected chi connectivity index (χ0v) is 10.3. The van der Waals surface area contributed by atoms with Gasteiger partial charge < -0.3 is 15.4 Å². The summed E-state index contributed by atoms with van der Waals surface area (Å²) < 4.78 is 5.33. The lowest BCUT2D eigenvalue weighted by atomic mass is 10.2. The summed E-state index contributed by atoms with van der Waals surface area (Å²) in [6.45, 7) is 3.92. The first-order valence-electron chi connectivity index (χ1n) is 5.79. The molecule has 1 aliphatic heterocycles. The quantitative estimate of drug-likeness (QED) is 0.676. The molecule has 1 fully saturated rings. The maximum atomic E-state index is 5.65. The highest BCUT2D eigenvalue weighted by Gasteiger charge is 2.26. The maximum absolute atomic E-state index is 5.65. The predicted octanol–water partition coefficient (Wildman–Crippen LogP) is -0.0139. The Labute approximate surface area is 93.4 Å². The van der Waals surface area contributed by atoms with E-state index in [4.69, 9.17) is 10.5 Å². The third-order valence-corrected chi connectivity index (χ3v) is 3.11. The van der Waals surface area contributed by atoms with E-state index in [1.165, 1.54) is 19.4 Å². The SMILES string of the molecule is COC(CN)CN1CCCC1CN(C)C. The monoisotopic (exact) mass is 215 g/mol. The van der Waals surface area contributed by atoms with Gasteiger partial charge in [0.2, 0.25) is 0 Å². The van der Waals surface area contributed by atoms with Crippen LogP contribution in [0.2, 0.25) is 0 Å². The van der Waals surface area contributed by atoms with Crippen LogP contribution < -0.4 is 5.73 Å². The second-order valence-corrected chi connectivity index (χ2v) is 4.65. The number of nitrogens with two attached hydrogens (primary N) is 1. The van der Waals surface area contributed by atoms with Crippen LogP contribution in [-0.4, -0.2) is 69.3 Å². The Bertz CT molecular complexity index is 171. The second-order valence-electron chi connectivity index (χ2n) is 4.65. The Kier molecular flexibility index (Phi) is 5.53. The Morgan fingerprint density at radius 2 is 2.27 bits per heavy atom. The van der Waals surface area contributed by atoms with Crippen molar-refractivity contribution in [1.29, 1.82) is 0 Å². The van der Waals surface area contributed by atoms with Crippen LogP contribution in [0.15, 0.2) is 0 Å². The predicted molar refractivity (Wildman–Crippen MR) is 63.0 cm³/mol. The molecule has 90 valence electrons. The minimum atomic E-state index is 0.188. The molecule has 0 spiro atoms. The van der Waals surface area contributed by atoms with Gasteiger partial charge in [-0.2, -0.15) is 0 Å². The molecule has 2 atom stereocenters. The zero-order valence-electron chi connectivity index (χ0n) is 10.3. The van der Waals surface area contributed by atoms with E-state index in [0.29, 0.717) is 12.6 Å². The topological polar surface area (TPSA) is 41.7 Å². The Morgan fingerprint density at radius 3 is 2.80 bits per heavy atom. The van der Waals surface area contributed by atoms with Crippen LogP contribution in [-0.2, 0) is 4.74 Å². The molecule has 1 heterocycles. The maximum Gasteiger partial charge on any atom is 0.0820 e. The summed E-state index contributed by atoms with van der Waals surface area (Å²) in [5.41, 5.74) is 5.65. The van der Waals surface area contributed by atoms with E-state index in [2.05, 4.69) is 23.9 Å². The summed E-state index contributed by atoms with van der Waals surface area (Å²) in [5, 5.41) is 0. The van der Waals surface area contributed by atoms with E-state index in [-0.39, 0.29) is 6.10 Å². The van der Waals surface area contributed by atoms with Crippen molar-refractivity contribution in [3.05, 3.63) is 0 Å². The average molecular weight is 215 g/mol. The van der Waals surface area contributed by atoms with Crippen LogP contribution in [0.5, 0.6) is 0 Å². The number of nitrogens with zero attached hydrogens (tertiary/aromatic N) is 2. The fourth-order valence-corrected chi connectivity index (χ4v) is 2.27. The number of hydrogen-bond donors (Lipinski definition) is 1. The first-order chi connectivity index (χ1) is 7.17. The van der Waals surface area contributed by atoms with Crippen molar-refractivity contribution in [2.75, 3.05) is 47.4 Å². The van der Waals surface area contributed by atoms with Gasteiger partial charge in [0.05, 0.1) is 6.10 Å². The largest absolute Gasteiger partial charge is 0.379 e. The average Bonchev–Trinajstić information content (AvgIpc) is 2.61. The van der Waals surface area contributed by atoms with Crippen LogP contribution in [0, 0.1) is 0 Å². The summed E-state index contributed by atoms with van der Waals surface area (Å²) in [6.07, 6.45) is 2.80. The summed E-state index contributed by atoms with van der Waals surface area (Å²) in [5.74, 6) is 0. The molecule has 2 N–H and O–H groups in total. The standard InChI is InChI=1S/C11H25N3O/c1-13(2)8-10-5-4-6-14(10)9-11(7-12)15-3/h10-11H,4-9,12H2,1-3H3. The minimum Gasteiger partial charge on any atom is -0.379 e. The van der Waals surface area contributed by atoms with E-state index in [1.807, 2.05) is 0 Å². The molecule has 0 aliphatic carbocycles. The summed E-state index contributed by atoms with van der Waals surface area (Å²) in [6, 6.07) is 0.684. The summed E-state index contributed by atoms with van der Waals surface area (Å²) in [4.78, 5) is 4.77. The van der Waals surface area contributed by atoms with Crippen molar-refractivity contribution in [2.24, 2.45) is 5.73 Å². The van der Waals surface area contributed by atoms with Gasteiger partial charge in [-0.15, -0.1) is 0 Å². The molecule has 0 aromatic carbocycles. The lowest BCUT2D eigenvalue weighted by Gasteiger charge is -2.29. The van der Waals surface area contributed by atoms with E-state index < -0.39 is 0 Å². The fourth-order valence-electron chi connectivity index (χ4n) is 2.27. The number of ether oxygens (including phenoxy) is 1. The second kappa shape index (κ2) is 6.43. The minimum absolute atomic E-state index is 0.188. The third kappa shape index (κ3) is 4.07. The molecule has 0 saturated carbocycles. The number of rotatable bonds is 6. The van der Waals surface area contributed by atoms with Crippen LogP contribution in [0.4, 0.5) is 0 Å². The zero-order chi connectivity index (χ0) is 11.3. The van der Waals surface area contributed by atoms with Crippen LogP contribution in [0.3, 0.4) is 0 Å². The number of likely N-dealkylation sites (N-methyl/N-ethyl adjacent to an activating group) is 1. The molecule has 0 aromatic heterocycles. The van der Waals surface area contributed by atoms with E-state index in [0.717, 1.165) is 13.1 Å². The van der Waals surface area contributed by atoms with Gasteiger partial charge in [0.25, 0.3) is 0 Å². The van der Waals surface area contributed by atoms with Crippen molar-refractivity contribution in [1.82, 2.24) is 9.80 Å². The van der Waals surface area contributed by atoms with Crippen LogP contribution in [0.25, 0.3) is 0 Å². The van der Waals surface area contributed by atoms with E-state index in [9.17, 15) is 0 Å². The van der Waals surface area contributed by atoms with Gasteiger partial charge in [-0.25, -0.2) is 0 Å². The van der Waals surface area contributed by atoms with Gasteiger partial charge >= 0.3 is 0 Å². The lowest BCUT2D eigenvalue weighted by Crippen LogP contribution is -2.43. The smallest absolute Gasteiger partial charge is 0.0820 e. The molecule has 15 heavy (non-hydrogen) atoms. The molecular formula is C11H25N3O. The van der Waals surface area contributed by atoms with E-state index >= 15 is 0 Å². The molecular weight excluding hydrogens is 190 g/mol. The van der Waals surface area contributed by atoms with Crippen molar-refractivity contribution < 1.29 is 4.74 Å². The number of methoxy groups -OCH3 is 1. The molecule has 0 radical (unpaired) electrons. The summed E-state index contributed by atoms with van der Waals surface area (Å²) >= 11 is 0. The molecule has 1 aliphatic rings. The van der Waals surface area contributed by atoms with Crippen LogP contribution >= 0.6 is 0 Å². The van der Waals surface area contributed by atoms with Gasteiger partial charge in [-0.3, -0.25) is 4.90 Å². The van der Waals surface area contributed by atoms with Gasteiger partial charge in [-0.1, -0.05) is 0 Å². The first kappa shape index (κ1) is 12.9. The van der Waals surface area contributed by atoms with E-state index in [1.54, 1.807) is 7.11 Å². The highest BCUT2D eigenvalue weighted by atomic mass is 16.5. The molecule has 0 amide bonds. The molecule has 0 bridgehead atoms. The van der Waals surface area contributed by atoms with Crippen molar-refractivity contribution in [2.45, 2.75) is 25.0 Å². The molecule has 1 rings (SSSR count). The third-order valence-electron chi connectivity index (χ3n) is 3.11. The molecule has 1 saturated heterocycles. The number of likely N-dealkylation sites (tertiary alicyclic amines) is 1. The Balaban J connectivity index is 2.38. The highest BCUT2D eigenvalue weighted by molar-refractivity contribution is 4.82. The first-order valence-corrected chi connectivity index (χ1v) is 5.79. The molecule has 4 nitrogen and oxygen atoms in total. The van der Waals surface area contributed by atoms with Crippen LogP contribution in [0.1, 0.15) is 12.8 Å². The van der Waals surface area contributed by atoms with Gasteiger partial charge in [0, 0.05) is 32.8 Å². The molecule has 2 unspecified atom stereocenters. The van der Waals surface area contributed by atoms with Crippen molar-refractivity contribution in [3.63, 3.8) is 0 Å². The lowest BCUT2D eigenvalue weighted by molar-refractivity contribution is 0.0616. The highest BCUT2D eigenvalue weighted by Crippen LogP contribution is 2.18. The van der Waals surface area contributed by atoms with Gasteiger partial charge in [-0.05, 0) is 33.5 Å². The van der Waals surface area contributed by atoms with Crippen molar-refractivity contribution >= 4 is 0 Å². The summed E-state index contributed by atoms with van der Waals surface area (Å²) in [7, 11) is 6.01. The van der Waals surface area contributed by atoms with Gasteiger partial charge in [0.15, 0.2) is 0 Å². The number of hydrogen-bond acceptors (Lipinski definition) is 4. The Hall–Kier alpha value is -0.160. The molecule has 4 heteroatoms. The Morgan fingerprint density at radius 1 is 1.53 bits per heavy atom. The normalized spacial score (nSPS) is 25.0. The van der Waals surface area contributed by atoms with Gasteiger partial charge in [0.1, 0.15) is 0 Å².